The van der Waals surface area contributed by atoms with E-state index in [0.717, 1.165) is 5.56 Å². The smallest absolute Gasteiger partial charge is 0.320 e. The molecule has 0 fully saturated rings. The molecule has 2 heterocycles. The van der Waals surface area contributed by atoms with Crippen LogP contribution < -0.4 is 11.2 Å². The monoisotopic (exact) mass is 433 g/mol. The third-order valence-electron chi connectivity index (χ3n) is 5.02. The van der Waals surface area contributed by atoms with Crippen LogP contribution in [0.15, 0.2) is 64.4 Å². The van der Waals surface area contributed by atoms with Crippen LogP contribution in [0.5, 0.6) is 0 Å². The van der Waals surface area contributed by atoms with Gasteiger partial charge in [-0.15, -0.1) is 0 Å². The zero-order valence-corrected chi connectivity index (χ0v) is 17.9. The summed E-state index contributed by atoms with van der Waals surface area (Å²) in [6, 6.07) is 16.3. The molecule has 4 rings (SSSR count). The molecule has 4 aromatic rings. The first-order chi connectivity index (χ1) is 14.9. The fourth-order valence-corrected chi connectivity index (χ4v) is 3.85. The van der Waals surface area contributed by atoms with Crippen molar-refractivity contribution < 1.29 is 0 Å². The Balaban J connectivity index is 2.03. The topological polar surface area (TPSA) is 85.6 Å². The number of nitrogens with zero attached hydrogens (tertiary/aromatic N) is 5. The van der Waals surface area contributed by atoms with Crippen LogP contribution in [-0.4, -0.2) is 18.7 Å². The lowest BCUT2D eigenvalue weighted by molar-refractivity contribution is 0.489. The number of hydrogen-bond acceptors (Lipinski definition) is 4. The molecule has 2 aromatic carbocycles. The Morgan fingerprint density at radius 2 is 1.81 bits per heavy atom. The number of nitriles is 1. The molecule has 31 heavy (non-hydrogen) atoms. The Morgan fingerprint density at radius 3 is 2.52 bits per heavy atom. The fourth-order valence-electron chi connectivity index (χ4n) is 3.63. The zero-order valence-electron chi connectivity index (χ0n) is 17.1. The number of aromatic nitrogens is 4. The Hall–Kier alpha value is -3.63. The predicted octanol–water partition coefficient (Wildman–Crippen LogP) is 3.58. The molecule has 0 N–H and O–H groups in total. The predicted molar refractivity (Wildman–Crippen MR) is 120 cm³/mol. The van der Waals surface area contributed by atoms with Crippen LogP contribution in [0.4, 0.5) is 0 Å². The van der Waals surface area contributed by atoms with Crippen molar-refractivity contribution in [3.8, 4) is 11.8 Å². The van der Waals surface area contributed by atoms with E-state index in [1.54, 1.807) is 41.0 Å². The molecular formula is C23H20ClN5O2. The third-order valence-corrected chi connectivity index (χ3v) is 5.34. The molecule has 0 bridgehead atoms. The van der Waals surface area contributed by atoms with E-state index in [1.165, 1.54) is 15.5 Å². The van der Waals surface area contributed by atoms with Gasteiger partial charge in [0, 0.05) is 6.54 Å². The second-order valence-corrected chi connectivity index (χ2v) is 8.10. The van der Waals surface area contributed by atoms with Crippen molar-refractivity contribution in [2.24, 2.45) is 5.92 Å². The van der Waals surface area contributed by atoms with Crippen LogP contribution in [-0.2, 0) is 13.1 Å². The molecule has 7 nitrogen and oxygen atoms in total. The van der Waals surface area contributed by atoms with E-state index >= 15 is 0 Å². The van der Waals surface area contributed by atoms with E-state index in [9.17, 15) is 14.9 Å². The van der Waals surface area contributed by atoms with Gasteiger partial charge in [0.2, 0.25) is 0 Å². The van der Waals surface area contributed by atoms with E-state index < -0.39 is 11.2 Å². The quantitative estimate of drug-likeness (QED) is 0.481. The molecule has 0 radical (unpaired) electrons. The van der Waals surface area contributed by atoms with Gasteiger partial charge in [-0.3, -0.25) is 9.36 Å². The summed E-state index contributed by atoms with van der Waals surface area (Å²) in [6.07, 6.45) is 1.52. The fraction of sp³-hybridized carbons (Fsp3) is 0.217. The molecule has 0 atom stereocenters. The van der Waals surface area contributed by atoms with E-state index in [1.807, 2.05) is 26.0 Å². The molecule has 0 amide bonds. The van der Waals surface area contributed by atoms with Crippen molar-refractivity contribution in [2.75, 3.05) is 0 Å². The van der Waals surface area contributed by atoms with Gasteiger partial charge in [0.05, 0.1) is 35.2 Å². The first kappa shape index (κ1) is 20.6. The molecule has 0 aliphatic carbocycles. The minimum absolute atomic E-state index is 0.0817. The van der Waals surface area contributed by atoms with Crippen molar-refractivity contribution >= 4 is 22.8 Å². The van der Waals surface area contributed by atoms with Crippen LogP contribution in [0.2, 0.25) is 5.02 Å². The summed E-state index contributed by atoms with van der Waals surface area (Å²) in [5, 5.41) is 9.80. The summed E-state index contributed by atoms with van der Waals surface area (Å²) in [4.78, 5) is 31.1. The maximum atomic E-state index is 13.4. The first-order valence-electron chi connectivity index (χ1n) is 9.86. The van der Waals surface area contributed by atoms with Gasteiger partial charge >= 0.3 is 5.69 Å². The van der Waals surface area contributed by atoms with Crippen LogP contribution in [0.3, 0.4) is 0 Å². The highest BCUT2D eigenvalue weighted by atomic mass is 35.5. The van der Waals surface area contributed by atoms with Crippen LogP contribution in [0.25, 0.3) is 16.9 Å². The van der Waals surface area contributed by atoms with E-state index in [2.05, 4.69) is 11.1 Å². The second kappa shape index (κ2) is 8.25. The summed E-state index contributed by atoms with van der Waals surface area (Å²) in [5.74, 6) is 0.0817. The normalized spacial score (nSPS) is 11.2. The average molecular weight is 434 g/mol. The highest BCUT2D eigenvalue weighted by Gasteiger charge is 2.21. The van der Waals surface area contributed by atoms with Crippen molar-refractivity contribution in [2.45, 2.75) is 26.9 Å². The molecule has 156 valence electrons. The molecule has 0 saturated carbocycles. The summed E-state index contributed by atoms with van der Waals surface area (Å²) in [6.45, 7) is 4.42. The molecular weight excluding hydrogens is 414 g/mol. The van der Waals surface area contributed by atoms with Gasteiger partial charge in [0.25, 0.3) is 5.56 Å². The number of benzene rings is 2. The lowest BCUT2D eigenvalue weighted by Crippen LogP contribution is -2.41. The zero-order chi connectivity index (χ0) is 22.1. The number of rotatable bonds is 5. The molecule has 0 spiro atoms. The molecule has 0 aliphatic rings. The van der Waals surface area contributed by atoms with Gasteiger partial charge in [-0.05, 0) is 29.7 Å². The van der Waals surface area contributed by atoms with Crippen molar-refractivity contribution in [3.05, 3.63) is 91.8 Å². The van der Waals surface area contributed by atoms with Gasteiger partial charge in [-0.2, -0.15) is 5.26 Å². The largest absolute Gasteiger partial charge is 0.337 e. The third kappa shape index (κ3) is 3.66. The molecule has 0 saturated heterocycles. The minimum Gasteiger partial charge on any atom is -0.320 e. The summed E-state index contributed by atoms with van der Waals surface area (Å²) < 4.78 is 4.29. The Kier molecular flexibility index (Phi) is 5.49. The van der Waals surface area contributed by atoms with Gasteiger partial charge in [-0.25, -0.2) is 14.3 Å². The highest BCUT2D eigenvalue weighted by molar-refractivity contribution is 6.32. The standard InChI is InChI=1S/C23H20ClN5O2/c1-15(2)12-28-22(30)20-21(29(23(28)31)19-10-6-5-9-18(19)24)26-14-27(20)13-17-8-4-3-7-16(17)11-25/h3-10,14-15H,12-13H2,1-2H3. The number of halogens is 1. The Bertz CT molecular complexity index is 1440. The van der Waals surface area contributed by atoms with Crippen LogP contribution in [0, 0.1) is 17.2 Å². The average Bonchev–Trinajstić information content (AvgIpc) is 3.16. The number of hydrogen-bond donors (Lipinski definition) is 0. The van der Waals surface area contributed by atoms with E-state index in [0.29, 0.717) is 16.3 Å². The molecule has 0 unspecified atom stereocenters. The Morgan fingerprint density at radius 1 is 1.10 bits per heavy atom. The maximum absolute atomic E-state index is 13.4. The van der Waals surface area contributed by atoms with Gasteiger partial charge in [0.15, 0.2) is 11.2 Å². The van der Waals surface area contributed by atoms with Crippen LogP contribution >= 0.6 is 11.6 Å². The van der Waals surface area contributed by atoms with Crippen molar-refractivity contribution in [1.29, 1.82) is 5.26 Å². The van der Waals surface area contributed by atoms with Crippen molar-refractivity contribution in [3.63, 3.8) is 0 Å². The summed E-state index contributed by atoms with van der Waals surface area (Å²) in [5.41, 5.74) is 1.36. The van der Waals surface area contributed by atoms with Gasteiger partial charge < -0.3 is 4.57 Å². The molecule has 8 heteroatoms. The number of imidazole rings is 1. The number of fused-ring (bicyclic) bond motifs is 1. The Labute approximate surface area is 183 Å². The first-order valence-corrected chi connectivity index (χ1v) is 10.2. The van der Waals surface area contributed by atoms with E-state index in [-0.39, 0.29) is 30.2 Å². The highest BCUT2D eigenvalue weighted by Crippen LogP contribution is 2.22. The number of para-hydroxylation sites is 1. The summed E-state index contributed by atoms with van der Waals surface area (Å²) in [7, 11) is 0. The second-order valence-electron chi connectivity index (χ2n) is 7.69. The lowest BCUT2D eigenvalue weighted by Gasteiger charge is -2.15. The van der Waals surface area contributed by atoms with Crippen LogP contribution in [0.1, 0.15) is 25.0 Å². The molecule has 2 aromatic heterocycles. The van der Waals surface area contributed by atoms with Gasteiger partial charge in [0.1, 0.15) is 0 Å². The van der Waals surface area contributed by atoms with E-state index in [4.69, 9.17) is 11.6 Å². The van der Waals surface area contributed by atoms with Crippen molar-refractivity contribution in [1.82, 2.24) is 18.7 Å². The summed E-state index contributed by atoms with van der Waals surface area (Å²) >= 11 is 6.39. The minimum atomic E-state index is -0.484. The molecule has 0 aliphatic heterocycles. The maximum Gasteiger partial charge on any atom is 0.337 e. The lowest BCUT2D eigenvalue weighted by atomic mass is 10.1. The van der Waals surface area contributed by atoms with Gasteiger partial charge in [-0.1, -0.05) is 55.8 Å². The SMILES string of the molecule is CC(C)Cn1c(=O)c2c(ncn2Cc2ccccc2C#N)n(-c2ccccc2Cl)c1=O.